The Morgan fingerprint density at radius 1 is 1.12 bits per heavy atom. The molecule has 34 heavy (non-hydrogen) atoms. The molecule has 1 aromatic carbocycles. The molecule has 2 N–H and O–H groups in total. The van der Waals surface area contributed by atoms with Gasteiger partial charge in [-0.1, -0.05) is 0 Å². The summed E-state index contributed by atoms with van der Waals surface area (Å²) in [4.78, 5) is 17.5. The van der Waals surface area contributed by atoms with E-state index in [9.17, 15) is 31.1 Å². The van der Waals surface area contributed by atoms with Gasteiger partial charge in [-0.2, -0.15) is 13.2 Å². The summed E-state index contributed by atoms with van der Waals surface area (Å²) in [5, 5.41) is 3.41. The molecule has 6 nitrogen and oxygen atoms in total. The van der Waals surface area contributed by atoms with E-state index in [1.165, 1.54) is 0 Å². The Bertz CT molecular complexity index is 1060. The molecule has 2 aliphatic rings. The van der Waals surface area contributed by atoms with Crippen molar-refractivity contribution in [2.75, 3.05) is 6.54 Å². The molecule has 1 aliphatic carbocycles. The number of alkyl halides is 4. The van der Waals surface area contributed by atoms with E-state index >= 15 is 4.39 Å². The first-order valence-corrected chi connectivity index (χ1v) is 10.3. The van der Waals surface area contributed by atoms with Crippen molar-refractivity contribution in [3.63, 3.8) is 0 Å². The highest BCUT2D eigenvalue weighted by Gasteiger charge is 2.48. The second-order valence-electron chi connectivity index (χ2n) is 8.35. The van der Waals surface area contributed by atoms with Crippen LogP contribution in [0.1, 0.15) is 42.5 Å². The van der Waals surface area contributed by atoms with Gasteiger partial charge in [-0.25, -0.2) is 27.2 Å². The minimum atomic E-state index is -4.83. The van der Waals surface area contributed by atoms with Crippen LogP contribution >= 0.6 is 12.4 Å². The summed E-state index contributed by atoms with van der Waals surface area (Å²) in [7, 11) is 0. The van der Waals surface area contributed by atoms with Crippen LogP contribution in [0.3, 0.4) is 0 Å². The number of amides is 1. The van der Waals surface area contributed by atoms with Gasteiger partial charge in [0.15, 0.2) is 17.5 Å². The van der Waals surface area contributed by atoms with Crippen LogP contribution in [0.4, 0.5) is 30.7 Å². The van der Waals surface area contributed by atoms with Crippen LogP contribution in [-0.2, 0) is 23.9 Å². The average molecular weight is 516 g/mol. The Hall–Kier alpha value is -2.41. The number of carbonyl (C=O) groups excluding carboxylic acids is 1. The maximum Gasteiger partial charge on any atom is 0.453 e. The van der Waals surface area contributed by atoms with Gasteiger partial charge < -0.3 is 10.6 Å². The lowest BCUT2D eigenvalue weighted by molar-refractivity contribution is -0.145. The average Bonchev–Trinajstić information content (AvgIpc) is 3.47. The summed E-state index contributed by atoms with van der Waals surface area (Å²) < 4.78 is 95.8. The first kappa shape index (κ1) is 26.2. The lowest BCUT2D eigenvalue weighted by atomic mass is 9.99. The number of benzene rings is 1. The van der Waals surface area contributed by atoms with Crippen molar-refractivity contribution in [1.82, 2.24) is 19.7 Å². The Balaban J connectivity index is 0.00000324. The molecule has 0 radical (unpaired) electrons. The topological polar surface area (TPSA) is 77.0 Å². The number of nitrogens with two attached hydrogens (primary N) is 1. The van der Waals surface area contributed by atoms with E-state index in [0.717, 1.165) is 9.58 Å². The molecule has 1 aromatic heterocycles. The predicted octanol–water partition coefficient (Wildman–Crippen LogP) is 3.73. The number of hydrogen-bond acceptors (Lipinski definition) is 4. The lowest BCUT2D eigenvalue weighted by Gasteiger charge is -2.37. The van der Waals surface area contributed by atoms with Crippen LogP contribution in [-0.4, -0.2) is 44.3 Å². The quantitative estimate of drug-likeness (QED) is 0.470. The molecule has 2 unspecified atom stereocenters. The van der Waals surface area contributed by atoms with E-state index in [1.807, 2.05) is 0 Å². The molecule has 2 heterocycles. The van der Waals surface area contributed by atoms with Crippen molar-refractivity contribution in [2.24, 2.45) is 11.7 Å². The fourth-order valence-corrected chi connectivity index (χ4v) is 4.02. The lowest BCUT2D eigenvalue weighted by Crippen LogP contribution is -2.48. The van der Waals surface area contributed by atoms with Gasteiger partial charge in [-0.05, 0) is 36.8 Å². The molecular weight excluding hydrogens is 495 g/mol. The second-order valence-corrected chi connectivity index (χ2v) is 8.35. The summed E-state index contributed by atoms with van der Waals surface area (Å²) in [6.07, 6.45) is -6.11. The molecule has 1 fully saturated rings. The van der Waals surface area contributed by atoms with E-state index < -0.39 is 66.0 Å². The van der Waals surface area contributed by atoms with Crippen molar-refractivity contribution in [3.05, 3.63) is 46.8 Å². The molecule has 0 bridgehead atoms. The third kappa shape index (κ3) is 5.29. The zero-order valence-electron chi connectivity index (χ0n) is 17.5. The first-order valence-electron chi connectivity index (χ1n) is 10.3. The van der Waals surface area contributed by atoms with Gasteiger partial charge in [0.05, 0.1) is 6.54 Å². The van der Waals surface area contributed by atoms with Gasteiger partial charge in [0.2, 0.25) is 5.91 Å². The van der Waals surface area contributed by atoms with E-state index in [0.29, 0.717) is 25.0 Å². The fraction of sp³-hybridized carbons (Fsp3) is 0.550. The Labute approximate surface area is 195 Å². The molecule has 0 spiro atoms. The van der Waals surface area contributed by atoms with Crippen molar-refractivity contribution in [3.8, 4) is 0 Å². The molecule has 188 valence electrons. The van der Waals surface area contributed by atoms with Crippen LogP contribution in [0, 0.1) is 23.4 Å². The second kappa shape index (κ2) is 9.68. The fourth-order valence-electron chi connectivity index (χ4n) is 4.02. The molecule has 1 amide bonds. The third-order valence-corrected chi connectivity index (χ3v) is 5.81. The Kier molecular flexibility index (Phi) is 7.46. The molecular formula is C20H21ClF7N5O. The summed E-state index contributed by atoms with van der Waals surface area (Å²) >= 11 is 0. The molecule has 14 heteroatoms. The van der Waals surface area contributed by atoms with Crippen molar-refractivity contribution in [2.45, 2.75) is 56.7 Å². The summed E-state index contributed by atoms with van der Waals surface area (Å²) in [6.45, 7) is -0.234. The van der Waals surface area contributed by atoms with Crippen LogP contribution in [0.15, 0.2) is 12.1 Å². The molecule has 1 aliphatic heterocycles. The molecule has 3 atom stereocenters. The van der Waals surface area contributed by atoms with Crippen molar-refractivity contribution in [1.29, 1.82) is 0 Å². The van der Waals surface area contributed by atoms with Gasteiger partial charge >= 0.3 is 6.18 Å². The summed E-state index contributed by atoms with van der Waals surface area (Å²) in [5.41, 5.74) is 5.68. The SMILES string of the molecule is Cl.N[C@@H](CC(=O)N1CCn2nc(C(F)(F)F)nc2C1C(F)C1CC1)Cc1cc(F)c(F)cc1F. The van der Waals surface area contributed by atoms with E-state index in [-0.39, 0.29) is 43.3 Å². The predicted molar refractivity (Wildman–Crippen MR) is 107 cm³/mol. The molecule has 2 aromatic rings. The number of aromatic nitrogens is 3. The normalized spacial score (nSPS) is 19.9. The van der Waals surface area contributed by atoms with Gasteiger partial charge in [0.25, 0.3) is 5.82 Å². The summed E-state index contributed by atoms with van der Waals surface area (Å²) in [6, 6.07) is -1.38. The van der Waals surface area contributed by atoms with Crippen LogP contribution in [0.5, 0.6) is 0 Å². The molecule has 1 saturated carbocycles. The maximum atomic E-state index is 15.2. The Morgan fingerprint density at radius 2 is 1.76 bits per heavy atom. The molecule has 0 saturated heterocycles. The standard InChI is InChI=1S/C20H20F7N5O.ClH/c21-12-8-14(23)13(22)6-10(12)5-11(28)7-15(33)31-3-4-32-18(17(31)16(24)9-1-2-9)29-19(30-32)20(25,26)27;/h6,8-9,11,16-17H,1-5,7,28H2;1H/t11-,16?,17?;/m1./s1. The highest BCUT2D eigenvalue weighted by Crippen LogP contribution is 2.44. The van der Waals surface area contributed by atoms with E-state index in [1.54, 1.807) is 0 Å². The van der Waals surface area contributed by atoms with Crippen molar-refractivity contribution >= 4 is 18.3 Å². The van der Waals surface area contributed by atoms with Gasteiger partial charge in [0, 0.05) is 25.1 Å². The number of rotatable bonds is 6. The van der Waals surface area contributed by atoms with Gasteiger partial charge in [0.1, 0.15) is 18.0 Å². The maximum absolute atomic E-state index is 15.2. The number of hydrogen-bond donors (Lipinski definition) is 1. The van der Waals surface area contributed by atoms with Gasteiger partial charge in [-0.3, -0.25) is 4.79 Å². The minimum absolute atomic E-state index is 0. The number of halogens is 8. The van der Waals surface area contributed by atoms with Crippen LogP contribution < -0.4 is 5.73 Å². The van der Waals surface area contributed by atoms with Crippen molar-refractivity contribution < 1.29 is 35.5 Å². The van der Waals surface area contributed by atoms with E-state index in [4.69, 9.17) is 5.73 Å². The zero-order valence-corrected chi connectivity index (χ0v) is 18.4. The smallest absolute Gasteiger partial charge is 0.328 e. The highest BCUT2D eigenvalue weighted by molar-refractivity contribution is 5.85. The van der Waals surface area contributed by atoms with E-state index in [2.05, 4.69) is 10.1 Å². The largest absolute Gasteiger partial charge is 0.453 e. The van der Waals surface area contributed by atoms with Crippen LogP contribution in [0.2, 0.25) is 0 Å². The minimum Gasteiger partial charge on any atom is -0.328 e. The monoisotopic (exact) mass is 515 g/mol. The first-order chi connectivity index (χ1) is 15.5. The summed E-state index contributed by atoms with van der Waals surface area (Å²) in [5.74, 6) is -6.45. The molecule has 4 rings (SSSR count). The highest BCUT2D eigenvalue weighted by atomic mass is 35.5. The number of nitrogens with zero attached hydrogens (tertiary/aromatic N) is 4. The Morgan fingerprint density at radius 3 is 2.38 bits per heavy atom. The van der Waals surface area contributed by atoms with Crippen LogP contribution in [0.25, 0.3) is 0 Å². The van der Waals surface area contributed by atoms with Gasteiger partial charge in [-0.15, -0.1) is 17.5 Å². The third-order valence-electron chi connectivity index (χ3n) is 5.81. The number of fused-ring (bicyclic) bond motifs is 1. The zero-order chi connectivity index (χ0) is 24.1. The number of carbonyl (C=O) groups is 1.